The normalized spacial score (nSPS) is 16.9. The lowest BCUT2D eigenvalue weighted by atomic mass is 10.4. The van der Waals surface area contributed by atoms with Gasteiger partial charge in [0.2, 0.25) is 0 Å². The van der Waals surface area contributed by atoms with E-state index in [0.29, 0.717) is 0 Å². The summed E-state index contributed by atoms with van der Waals surface area (Å²) in [6.07, 6.45) is 4.26. The molecule has 0 N–H and O–H groups in total. The lowest BCUT2D eigenvalue weighted by molar-refractivity contribution is 0.944. The minimum absolute atomic E-state index is 1.03. The second-order valence-corrected chi connectivity index (χ2v) is 3.77. The molecule has 0 amide bonds. The molecule has 1 aromatic heterocycles. The molecule has 2 rings (SSSR count). The predicted octanol–water partition coefficient (Wildman–Crippen LogP) is 2.61. The van der Waals surface area contributed by atoms with Crippen molar-refractivity contribution in [1.82, 2.24) is 4.98 Å². The summed E-state index contributed by atoms with van der Waals surface area (Å²) in [7, 11) is 0. The Morgan fingerprint density at radius 1 is 1.42 bits per heavy atom. The third-order valence-electron chi connectivity index (χ3n) is 1.96. The van der Waals surface area contributed by atoms with Gasteiger partial charge < -0.3 is 4.90 Å². The largest absolute Gasteiger partial charge is 0.352 e. The van der Waals surface area contributed by atoms with Crippen molar-refractivity contribution in [3.8, 4) is 0 Å². The SMILES string of the molecule is Brc1ccc(N2[CH]CCC2)nc1. The molecule has 2 nitrogen and oxygen atoms in total. The molecule has 1 aromatic rings. The number of hydrogen-bond donors (Lipinski definition) is 0. The molecule has 1 aliphatic rings. The second-order valence-electron chi connectivity index (χ2n) is 2.85. The van der Waals surface area contributed by atoms with Crippen LogP contribution in [0.3, 0.4) is 0 Å². The number of nitrogens with zero attached hydrogens (tertiary/aromatic N) is 2. The number of hydrogen-bond acceptors (Lipinski definition) is 2. The molecule has 1 saturated heterocycles. The van der Waals surface area contributed by atoms with E-state index in [-0.39, 0.29) is 0 Å². The zero-order chi connectivity index (χ0) is 8.39. The highest BCUT2D eigenvalue weighted by Gasteiger charge is 2.12. The highest BCUT2D eigenvalue weighted by molar-refractivity contribution is 9.10. The first-order valence-corrected chi connectivity index (χ1v) is 4.87. The summed E-state index contributed by atoms with van der Waals surface area (Å²) in [5.74, 6) is 1.05. The summed E-state index contributed by atoms with van der Waals surface area (Å²) in [5.41, 5.74) is 0. The van der Waals surface area contributed by atoms with Crippen molar-refractivity contribution >= 4 is 21.7 Å². The van der Waals surface area contributed by atoms with Crippen molar-refractivity contribution in [2.75, 3.05) is 11.4 Å². The van der Waals surface area contributed by atoms with Gasteiger partial charge in [-0.15, -0.1) is 0 Å². The van der Waals surface area contributed by atoms with Gasteiger partial charge in [0, 0.05) is 17.2 Å². The van der Waals surface area contributed by atoms with Crippen molar-refractivity contribution in [1.29, 1.82) is 0 Å². The van der Waals surface area contributed by atoms with Gasteiger partial charge in [0.25, 0.3) is 0 Å². The summed E-state index contributed by atoms with van der Waals surface area (Å²) in [4.78, 5) is 6.51. The lowest BCUT2D eigenvalue weighted by Crippen LogP contribution is -2.14. The standard InChI is InChI=1S/C9H10BrN2/c10-8-3-4-9(11-7-8)12-5-1-2-6-12/h3-5,7H,1-2,6H2. The molecule has 0 unspecified atom stereocenters. The third-order valence-corrected chi connectivity index (χ3v) is 2.43. The first-order valence-electron chi connectivity index (χ1n) is 4.08. The Labute approximate surface area is 80.7 Å². The predicted molar refractivity (Wildman–Crippen MR) is 52.8 cm³/mol. The van der Waals surface area contributed by atoms with Gasteiger partial charge in [-0.25, -0.2) is 4.98 Å². The molecule has 1 aliphatic heterocycles. The van der Waals surface area contributed by atoms with Crippen LogP contribution in [-0.2, 0) is 0 Å². The number of rotatable bonds is 1. The molecule has 1 fully saturated rings. The molecule has 2 heterocycles. The van der Waals surface area contributed by atoms with E-state index in [1.54, 1.807) is 0 Å². The Bertz CT molecular complexity index is 252. The van der Waals surface area contributed by atoms with E-state index in [0.717, 1.165) is 16.8 Å². The summed E-state index contributed by atoms with van der Waals surface area (Å²) in [6.45, 7) is 3.31. The van der Waals surface area contributed by atoms with Crippen LogP contribution in [0.4, 0.5) is 5.82 Å². The maximum Gasteiger partial charge on any atom is 0.128 e. The van der Waals surface area contributed by atoms with Gasteiger partial charge in [-0.05, 0) is 40.9 Å². The molecule has 0 aromatic carbocycles. The summed E-state index contributed by atoms with van der Waals surface area (Å²) < 4.78 is 1.03. The van der Waals surface area contributed by atoms with Gasteiger partial charge in [0.1, 0.15) is 5.82 Å². The van der Waals surface area contributed by atoms with Crippen molar-refractivity contribution in [2.45, 2.75) is 12.8 Å². The fourth-order valence-corrected chi connectivity index (χ4v) is 1.58. The quantitative estimate of drug-likeness (QED) is 0.731. The van der Waals surface area contributed by atoms with Gasteiger partial charge >= 0.3 is 0 Å². The Kier molecular flexibility index (Phi) is 2.30. The molecule has 0 saturated carbocycles. The highest BCUT2D eigenvalue weighted by Crippen LogP contribution is 2.21. The van der Waals surface area contributed by atoms with Gasteiger partial charge in [-0.3, -0.25) is 0 Å². The maximum atomic E-state index is 4.31. The van der Waals surface area contributed by atoms with Crippen LogP contribution in [0.2, 0.25) is 0 Å². The van der Waals surface area contributed by atoms with Gasteiger partial charge in [-0.2, -0.15) is 0 Å². The van der Waals surface area contributed by atoms with Gasteiger partial charge in [0.15, 0.2) is 0 Å². The van der Waals surface area contributed by atoms with E-state index in [9.17, 15) is 0 Å². The van der Waals surface area contributed by atoms with Gasteiger partial charge in [-0.1, -0.05) is 0 Å². The third kappa shape index (κ3) is 1.61. The monoisotopic (exact) mass is 225 g/mol. The zero-order valence-electron chi connectivity index (χ0n) is 6.70. The van der Waals surface area contributed by atoms with Crippen LogP contribution in [0.15, 0.2) is 22.8 Å². The molecule has 0 spiro atoms. The summed E-state index contributed by atoms with van der Waals surface area (Å²) >= 11 is 3.36. The smallest absolute Gasteiger partial charge is 0.128 e. The van der Waals surface area contributed by atoms with Crippen LogP contribution in [-0.4, -0.2) is 11.5 Å². The molecular formula is C9H10BrN2. The summed E-state index contributed by atoms with van der Waals surface area (Å²) in [5, 5.41) is 0. The molecule has 0 bridgehead atoms. The first kappa shape index (κ1) is 8.05. The Morgan fingerprint density at radius 3 is 2.92 bits per heavy atom. The van der Waals surface area contributed by atoms with Crippen LogP contribution >= 0.6 is 15.9 Å². The van der Waals surface area contributed by atoms with E-state index in [4.69, 9.17) is 0 Å². The zero-order valence-corrected chi connectivity index (χ0v) is 8.29. The second kappa shape index (κ2) is 3.44. The Morgan fingerprint density at radius 2 is 2.33 bits per heavy atom. The van der Waals surface area contributed by atoms with E-state index in [1.807, 2.05) is 18.3 Å². The van der Waals surface area contributed by atoms with Crippen molar-refractivity contribution in [3.63, 3.8) is 0 Å². The molecule has 0 atom stereocenters. The van der Waals surface area contributed by atoms with Crippen LogP contribution in [0, 0.1) is 6.54 Å². The molecular weight excluding hydrogens is 216 g/mol. The molecule has 1 radical (unpaired) electrons. The molecule has 12 heavy (non-hydrogen) atoms. The van der Waals surface area contributed by atoms with E-state index < -0.39 is 0 Å². The van der Waals surface area contributed by atoms with Crippen molar-refractivity contribution in [3.05, 3.63) is 29.3 Å². The number of aromatic nitrogens is 1. The maximum absolute atomic E-state index is 4.31. The number of pyridine rings is 1. The van der Waals surface area contributed by atoms with E-state index in [1.165, 1.54) is 12.8 Å². The van der Waals surface area contributed by atoms with E-state index in [2.05, 4.69) is 32.4 Å². The fourth-order valence-electron chi connectivity index (χ4n) is 1.35. The Balaban J connectivity index is 2.17. The highest BCUT2D eigenvalue weighted by atomic mass is 79.9. The molecule has 0 aliphatic carbocycles. The van der Waals surface area contributed by atoms with Gasteiger partial charge in [0.05, 0.1) is 6.54 Å². The minimum Gasteiger partial charge on any atom is -0.352 e. The van der Waals surface area contributed by atoms with Crippen LogP contribution in [0.5, 0.6) is 0 Å². The molecule has 3 heteroatoms. The van der Waals surface area contributed by atoms with E-state index >= 15 is 0 Å². The number of halogens is 1. The fraction of sp³-hybridized carbons (Fsp3) is 0.333. The van der Waals surface area contributed by atoms with Crippen molar-refractivity contribution in [2.24, 2.45) is 0 Å². The number of anilines is 1. The van der Waals surface area contributed by atoms with Crippen LogP contribution in [0.25, 0.3) is 0 Å². The summed E-state index contributed by atoms with van der Waals surface area (Å²) in [6, 6.07) is 4.06. The van der Waals surface area contributed by atoms with Crippen molar-refractivity contribution < 1.29 is 0 Å². The van der Waals surface area contributed by atoms with Crippen LogP contribution in [0.1, 0.15) is 12.8 Å². The topological polar surface area (TPSA) is 16.1 Å². The Hall–Kier alpha value is -0.570. The lowest BCUT2D eigenvalue weighted by Gasteiger charge is -2.14. The van der Waals surface area contributed by atoms with Crippen LogP contribution < -0.4 is 4.90 Å². The minimum atomic E-state index is 1.03. The first-order chi connectivity index (χ1) is 5.86. The average molecular weight is 226 g/mol. The average Bonchev–Trinajstić information content (AvgIpc) is 2.58. The molecule has 63 valence electrons.